The summed E-state index contributed by atoms with van der Waals surface area (Å²) in [6.45, 7) is 1.21. The number of nitrogens with one attached hydrogen (secondary N) is 2. The fourth-order valence-electron chi connectivity index (χ4n) is 3.88. The van der Waals surface area contributed by atoms with Gasteiger partial charge in [-0.2, -0.15) is 0 Å². The fourth-order valence-corrected chi connectivity index (χ4v) is 5.01. The van der Waals surface area contributed by atoms with Crippen molar-refractivity contribution in [1.82, 2.24) is 19.9 Å². The number of methoxy groups -OCH3 is 1. The van der Waals surface area contributed by atoms with Crippen LogP contribution in [0.1, 0.15) is 11.3 Å². The smallest absolute Gasteiger partial charge is 0.469 e. The molecule has 230 valence electrons. The first-order chi connectivity index (χ1) is 20.5. The Balaban J connectivity index is 1.35. The molecule has 4 N–H and O–H groups in total. The lowest BCUT2D eigenvalue weighted by molar-refractivity contribution is -0.115. The van der Waals surface area contributed by atoms with E-state index >= 15 is 0 Å². The second kappa shape index (κ2) is 14.6. The van der Waals surface area contributed by atoms with Gasteiger partial charge in [0, 0.05) is 35.6 Å². The van der Waals surface area contributed by atoms with E-state index in [1.54, 1.807) is 19.2 Å². The highest BCUT2D eigenvalue weighted by molar-refractivity contribution is 7.46. The first kappa shape index (κ1) is 32.1. The first-order valence-electron chi connectivity index (χ1n) is 12.8. The molecule has 0 spiro atoms. The van der Waals surface area contributed by atoms with Gasteiger partial charge in [0.25, 0.3) is 0 Å². The number of fused-ring (bicyclic) bond motifs is 1. The van der Waals surface area contributed by atoms with Gasteiger partial charge >= 0.3 is 7.82 Å². The molecule has 1 amide bonds. The molecule has 0 atom stereocenters. The molecule has 0 saturated carbocycles. The van der Waals surface area contributed by atoms with Crippen molar-refractivity contribution < 1.29 is 41.9 Å². The fraction of sp³-hybridized carbons (Fsp3) is 0.308. The molecule has 0 aliphatic heterocycles. The molecule has 0 unspecified atom stereocenters. The third-order valence-electron chi connectivity index (χ3n) is 5.93. The van der Waals surface area contributed by atoms with Gasteiger partial charge in [-0.25, -0.2) is 28.3 Å². The zero-order chi connectivity index (χ0) is 31.0. The molecular weight excluding hydrogens is 609 g/mol. The van der Waals surface area contributed by atoms with Crippen molar-refractivity contribution in [2.24, 2.45) is 0 Å². The van der Waals surface area contributed by atoms with Crippen LogP contribution in [0.2, 0.25) is 0 Å². The molecule has 43 heavy (non-hydrogen) atoms. The number of nitrogens with zero attached hydrogens (tertiary/aromatic N) is 4. The predicted molar refractivity (Wildman–Crippen MR) is 156 cm³/mol. The highest BCUT2D eigenvalue weighted by Crippen LogP contribution is 2.36. The van der Waals surface area contributed by atoms with Gasteiger partial charge in [-0.05, 0) is 31.7 Å². The summed E-state index contributed by atoms with van der Waals surface area (Å²) in [5.41, 5.74) is 0.337. The van der Waals surface area contributed by atoms with E-state index in [4.69, 9.17) is 19.3 Å². The Hall–Kier alpha value is -3.79. The van der Waals surface area contributed by atoms with Gasteiger partial charge in [0.1, 0.15) is 12.1 Å². The number of aromatic nitrogens is 3. The summed E-state index contributed by atoms with van der Waals surface area (Å²) < 4.78 is 53.9. The van der Waals surface area contributed by atoms with Crippen molar-refractivity contribution in [3.8, 4) is 11.5 Å². The van der Waals surface area contributed by atoms with E-state index in [-0.39, 0.29) is 18.7 Å². The van der Waals surface area contributed by atoms with Crippen LogP contribution in [0.4, 0.5) is 25.4 Å². The van der Waals surface area contributed by atoms with Crippen LogP contribution in [0.5, 0.6) is 11.5 Å². The molecule has 2 heterocycles. The van der Waals surface area contributed by atoms with E-state index in [0.717, 1.165) is 6.07 Å². The van der Waals surface area contributed by atoms with Gasteiger partial charge in [-0.15, -0.1) is 11.3 Å². The Morgan fingerprint density at radius 2 is 1.93 bits per heavy atom. The molecule has 17 heteroatoms. The van der Waals surface area contributed by atoms with Gasteiger partial charge in [-0.1, -0.05) is 6.07 Å². The minimum atomic E-state index is -4.48. The maximum Gasteiger partial charge on any atom is 0.469 e. The van der Waals surface area contributed by atoms with Crippen molar-refractivity contribution in [1.29, 1.82) is 0 Å². The summed E-state index contributed by atoms with van der Waals surface area (Å²) in [5, 5.41) is 6.57. The van der Waals surface area contributed by atoms with E-state index in [1.807, 2.05) is 4.90 Å². The third-order valence-corrected chi connectivity index (χ3v) is 7.37. The lowest BCUT2D eigenvalue weighted by Crippen LogP contribution is -2.25. The van der Waals surface area contributed by atoms with Gasteiger partial charge in [0.15, 0.2) is 28.3 Å². The maximum absolute atomic E-state index is 13.9. The molecule has 0 bridgehead atoms. The van der Waals surface area contributed by atoms with Crippen molar-refractivity contribution in [3.05, 3.63) is 59.4 Å². The number of carbonyl (C=O) groups is 1. The molecule has 0 fully saturated rings. The lowest BCUT2D eigenvalue weighted by atomic mass is 10.2. The van der Waals surface area contributed by atoms with Gasteiger partial charge < -0.3 is 34.8 Å². The van der Waals surface area contributed by atoms with Crippen molar-refractivity contribution in [2.45, 2.75) is 12.8 Å². The predicted octanol–water partition coefficient (Wildman–Crippen LogP) is 4.11. The molecule has 0 aliphatic carbocycles. The summed E-state index contributed by atoms with van der Waals surface area (Å²) >= 11 is 1.20. The van der Waals surface area contributed by atoms with E-state index in [2.05, 4.69) is 30.1 Å². The number of anilines is 3. The highest BCUT2D eigenvalue weighted by atomic mass is 32.1. The highest BCUT2D eigenvalue weighted by Gasteiger charge is 2.16. The third kappa shape index (κ3) is 9.35. The summed E-state index contributed by atoms with van der Waals surface area (Å²) in [6, 6.07) is 7.00. The molecular formula is C26H29F2N6O7PS. The number of benzene rings is 2. The zero-order valence-corrected chi connectivity index (χ0v) is 24.8. The van der Waals surface area contributed by atoms with E-state index in [1.165, 1.54) is 43.1 Å². The number of hydrogen-bond acceptors (Lipinski definition) is 11. The second-order valence-corrected chi connectivity index (χ2v) is 11.5. The minimum absolute atomic E-state index is 0.0916. The summed E-state index contributed by atoms with van der Waals surface area (Å²) in [7, 11) is -1.17. The molecule has 4 aromatic rings. The number of halogens is 2. The number of amides is 1. The standard InChI is InChI=1S/C26H29F2N6O7PS/c1-34(8-10-41-42(36,37)38)7-4-9-40-22-13-20-17(12-21(22)39-2)25(31-15-30-20)33-26-29-14-16(43-26)11-23(35)32-19-6-3-5-18(27)24(19)28/h3,5-6,12-15H,4,7-11H2,1-2H3,(H,32,35)(H2,36,37,38)(H,29,30,31,33). The monoisotopic (exact) mass is 638 g/mol. The van der Waals surface area contributed by atoms with Crippen molar-refractivity contribution in [3.63, 3.8) is 0 Å². The van der Waals surface area contributed by atoms with E-state index in [9.17, 15) is 18.1 Å². The molecule has 0 aliphatic rings. The Labute approximate surface area is 249 Å². The van der Waals surface area contributed by atoms with Gasteiger partial charge in [0.05, 0.1) is 37.9 Å². The molecule has 2 aromatic carbocycles. The van der Waals surface area contributed by atoms with E-state index < -0.39 is 25.4 Å². The number of carbonyl (C=O) groups excluding carboxylic acids is 1. The molecule has 0 saturated heterocycles. The van der Waals surface area contributed by atoms with Gasteiger partial charge in [0.2, 0.25) is 5.91 Å². The first-order valence-corrected chi connectivity index (χ1v) is 15.2. The molecule has 2 aromatic heterocycles. The number of ether oxygens (including phenoxy) is 2. The van der Waals surface area contributed by atoms with Crippen LogP contribution in [-0.4, -0.2) is 76.0 Å². The van der Waals surface area contributed by atoms with Crippen molar-refractivity contribution >= 4 is 52.6 Å². The van der Waals surface area contributed by atoms with Crippen LogP contribution in [0.3, 0.4) is 0 Å². The average molecular weight is 639 g/mol. The van der Waals surface area contributed by atoms with Crippen molar-refractivity contribution in [2.75, 3.05) is 51.1 Å². The lowest BCUT2D eigenvalue weighted by Gasteiger charge is -2.17. The number of likely N-dealkylation sites (N-methyl/N-ethyl adjacent to an activating group) is 1. The topological polar surface area (TPSA) is 168 Å². The summed E-state index contributed by atoms with van der Waals surface area (Å²) in [4.78, 5) is 45.3. The maximum atomic E-state index is 13.9. The summed E-state index contributed by atoms with van der Waals surface area (Å²) in [5.74, 6) is -1.33. The number of rotatable bonds is 15. The largest absolute Gasteiger partial charge is 0.493 e. The van der Waals surface area contributed by atoms with Crippen LogP contribution in [-0.2, 0) is 20.3 Å². The molecule has 13 nitrogen and oxygen atoms in total. The normalized spacial score (nSPS) is 11.6. The molecule has 4 rings (SSSR count). The Morgan fingerprint density at radius 3 is 2.70 bits per heavy atom. The minimum Gasteiger partial charge on any atom is -0.493 e. The number of thiazole rings is 1. The van der Waals surface area contributed by atoms with Crippen LogP contribution in [0, 0.1) is 11.6 Å². The van der Waals surface area contributed by atoms with Crippen LogP contribution in [0.15, 0.2) is 42.9 Å². The van der Waals surface area contributed by atoms with Crippen LogP contribution in [0.25, 0.3) is 10.9 Å². The second-order valence-electron chi connectivity index (χ2n) is 9.15. The quantitative estimate of drug-likeness (QED) is 0.109. The van der Waals surface area contributed by atoms with Crippen LogP contribution >= 0.6 is 19.2 Å². The Kier molecular flexibility index (Phi) is 10.9. The SMILES string of the molecule is COc1cc2c(Nc3ncc(CC(=O)Nc4cccc(F)c4F)s3)ncnc2cc1OCCCN(C)CCOP(=O)(O)O. The number of phosphoric acid groups is 1. The number of phosphoric ester groups is 1. The Morgan fingerprint density at radius 1 is 1.12 bits per heavy atom. The number of hydrogen-bond donors (Lipinski definition) is 4. The van der Waals surface area contributed by atoms with Gasteiger partial charge in [-0.3, -0.25) is 9.32 Å². The zero-order valence-electron chi connectivity index (χ0n) is 23.1. The molecule has 0 radical (unpaired) electrons. The average Bonchev–Trinajstić information content (AvgIpc) is 3.39. The Bertz CT molecular complexity index is 1620. The van der Waals surface area contributed by atoms with Crippen LogP contribution < -0.4 is 20.1 Å². The van der Waals surface area contributed by atoms with E-state index in [0.29, 0.717) is 64.3 Å². The summed E-state index contributed by atoms with van der Waals surface area (Å²) in [6.07, 6.45) is 3.43.